The second-order valence-corrected chi connectivity index (χ2v) is 11.8. The highest BCUT2D eigenvalue weighted by molar-refractivity contribution is 6.01. The summed E-state index contributed by atoms with van der Waals surface area (Å²) in [7, 11) is 0. The number of nitrogens with two attached hydrogens (primary N) is 1. The number of fused-ring (bicyclic) bond motifs is 1. The molecule has 10 heteroatoms. The fourth-order valence-corrected chi connectivity index (χ4v) is 4.55. The van der Waals surface area contributed by atoms with E-state index in [1.807, 2.05) is 43.3 Å². The molecule has 2 atom stereocenters. The standard InChI is InChI=1S/C32H40N4O6/c1-7-32(5,6)36(29(40)25(19-26(33)38)35-30(41)42-31(2,3)4)27(22-13-10-14-24(37)18-22)28(39)34-23-16-15-20-11-8-9-12-21(20)17-23/h8-18,25,27,37H,7,19H2,1-6H3,(H2,33,38)(H,34,39)(H,35,41). The van der Waals surface area contributed by atoms with Crippen molar-refractivity contribution in [3.8, 4) is 5.75 Å². The predicted octanol–water partition coefficient (Wildman–Crippen LogP) is 5.01. The van der Waals surface area contributed by atoms with Gasteiger partial charge in [0.1, 0.15) is 23.4 Å². The molecular formula is C32H40N4O6. The van der Waals surface area contributed by atoms with Crippen molar-refractivity contribution in [2.24, 2.45) is 5.73 Å². The van der Waals surface area contributed by atoms with Gasteiger partial charge in [0, 0.05) is 11.2 Å². The summed E-state index contributed by atoms with van der Waals surface area (Å²) in [5, 5.41) is 17.6. The highest BCUT2D eigenvalue weighted by Gasteiger charge is 2.43. The van der Waals surface area contributed by atoms with Gasteiger partial charge in [-0.25, -0.2) is 4.79 Å². The van der Waals surface area contributed by atoms with Crippen molar-refractivity contribution >= 4 is 40.3 Å². The van der Waals surface area contributed by atoms with Gasteiger partial charge >= 0.3 is 6.09 Å². The SMILES string of the molecule is CCC(C)(C)N(C(=O)C(CC(N)=O)NC(=O)OC(C)(C)C)C(C(=O)Nc1ccc2ccccc2c1)c1cccc(O)c1. The Bertz CT molecular complexity index is 1460. The molecule has 3 aromatic rings. The molecule has 0 saturated carbocycles. The number of phenols is 1. The van der Waals surface area contributed by atoms with Crippen molar-refractivity contribution in [1.29, 1.82) is 0 Å². The van der Waals surface area contributed by atoms with Crippen LogP contribution in [0.25, 0.3) is 10.8 Å². The number of alkyl carbamates (subject to hydrolysis) is 1. The van der Waals surface area contributed by atoms with E-state index in [-0.39, 0.29) is 5.75 Å². The molecule has 2 unspecified atom stereocenters. The van der Waals surface area contributed by atoms with Crippen molar-refractivity contribution < 1.29 is 29.0 Å². The van der Waals surface area contributed by atoms with Gasteiger partial charge in [0.2, 0.25) is 11.8 Å². The summed E-state index contributed by atoms with van der Waals surface area (Å²) < 4.78 is 5.33. The molecule has 3 rings (SSSR count). The highest BCUT2D eigenvalue weighted by atomic mass is 16.6. The number of hydrogen-bond acceptors (Lipinski definition) is 6. The van der Waals surface area contributed by atoms with Crippen LogP contribution in [0.2, 0.25) is 0 Å². The van der Waals surface area contributed by atoms with E-state index in [1.54, 1.807) is 52.8 Å². The fraction of sp³-hybridized carbons (Fsp3) is 0.375. The Labute approximate surface area is 246 Å². The van der Waals surface area contributed by atoms with E-state index in [1.165, 1.54) is 17.0 Å². The number of primary amides is 1. The first-order valence-corrected chi connectivity index (χ1v) is 13.8. The van der Waals surface area contributed by atoms with Crippen LogP contribution < -0.4 is 16.4 Å². The number of rotatable bonds is 10. The van der Waals surface area contributed by atoms with E-state index in [0.29, 0.717) is 17.7 Å². The Morgan fingerprint density at radius 3 is 2.19 bits per heavy atom. The number of nitrogens with one attached hydrogen (secondary N) is 2. The van der Waals surface area contributed by atoms with Gasteiger partial charge in [-0.15, -0.1) is 0 Å². The molecule has 3 aromatic carbocycles. The molecule has 0 aliphatic rings. The average molecular weight is 577 g/mol. The monoisotopic (exact) mass is 576 g/mol. The van der Waals surface area contributed by atoms with E-state index in [0.717, 1.165) is 10.8 Å². The zero-order valence-corrected chi connectivity index (χ0v) is 24.9. The molecule has 0 spiro atoms. The number of carbonyl (C=O) groups is 4. The first-order valence-electron chi connectivity index (χ1n) is 13.8. The van der Waals surface area contributed by atoms with Crippen LogP contribution in [-0.4, -0.2) is 51.0 Å². The van der Waals surface area contributed by atoms with Crippen LogP contribution in [0.15, 0.2) is 66.7 Å². The second-order valence-electron chi connectivity index (χ2n) is 11.8. The molecule has 0 fully saturated rings. The Kier molecular flexibility index (Phi) is 9.83. The van der Waals surface area contributed by atoms with Gasteiger partial charge in [0.15, 0.2) is 0 Å². The molecular weight excluding hydrogens is 536 g/mol. The van der Waals surface area contributed by atoms with Gasteiger partial charge in [0.05, 0.1) is 6.42 Å². The number of ether oxygens (including phenoxy) is 1. The zero-order chi connectivity index (χ0) is 31.2. The van der Waals surface area contributed by atoms with Crippen LogP contribution in [0.4, 0.5) is 10.5 Å². The largest absolute Gasteiger partial charge is 0.508 e. The van der Waals surface area contributed by atoms with Crippen LogP contribution in [0.3, 0.4) is 0 Å². The lowest BCUT2D eigenvalue weighted by Crippen LogP contribution is -2.59. The third-order valence-electron chi connectivity index (χ3n) is 6.86. The van der Waals surface area contributed by atoms with Crippen LogP contribution >= 0.6 is 0 Å². The summed E-state index contributed by atoms with van der Waals surface area (Å²) in [6.45, 7) is 10.4. The third kappa shape index (κ3) is 8.22. The summed E-state index contributed by atoms with van der Waals surface area (Å²) in [6, 6.07) is 16.5. The minimum atomic E-state index is -1.42. The minimum absolute atomic E-state index is 0.0988. The van der Waals surface area contributed by atoms with Crippen molar-refractivity contribution in [3.63, 3.8) is 0 Å². The third-order valence-corrected chi connectivity index (χ3v) is 6.86. The van der Waals surface area contributed by atoms with E-state index in [4.69, 9.17) is 10.5 Å². The van der Waals surface area contributed by atoms with Crippen LogP contribution in [-0.2, 0) is 19.1 Å². The molecule has 10 nitrogen and oxygen atoms in total. The van der Waals surface area contributed by atoms with Crippen molar-refractivity contribution in [3.05, 3.63) is 72.3 Å². The lowest BCUT2D eigenvalue weighted by Gasteiger charge is -2.44. The lowest BCUT2D eigenvalue weighted by molar-refractivity contribution is -0.148. The number of amides is 4. The molecule has 4 amide bonds. The number of nitrogens with zero attached hydrogens (tertiary/aromatic N) is 1. The Morgan fingerprint density at radius 2 is 1.60 bits per heavy atom. The summed E-state index contributed by atoms with van der Waals surface area (Å²) in [5.74, 6) is -2.19. The number of aromatic hydroxyl groups is 1. The summed E-state index contributed by atoms with van der Waals surface area (Å²) in [5.41, 5.74) is 4.49. The van der Waals surface area contributed by atoms with Gasteiger partial charge in [0.25, 0.3) is 5.91 Å². The highest BCUT2D eigenvalue weighted by Crippen LogP contribution is 2.34. The molecule has 5 N–H and O–H groups in total. The Balaban J connectivity index is 2.11. The maximum absolute atomic E-state index is 14.3. The smallest absolute Gasteiger partial charge is 0.408 e. The van der Waals surface area contributed by atoms with Gasteiger partial charge in [-0.2, -0.15) is 0 Å². The maximum Gasteiger partial charge on any atom is 0.408 e. The van der Waals surface area contributed by atoms with Gasteiger partial charge in [-0.1, -0.05) is 49.4 Å². The van der Waals surface area contributed by atoms with Crippen LogP contribution in [0.1, 0.15) is 66.0 Å². The van der Waals surface area contributed by atoms with E-state index >= 15 is 0 Å². The molecule has 0 bridgehead atoms. The first kappa shape index (κ1) is 31.9. The topological polar surface area (TPSA) is 151 Å². The number of anilines is 1. The Hall–Kier alpha value is -4.60. The second kappa shape index (κ2) is 12.9. The van der Waals surface area contributed by atoms with Gasteiger partial charge in [-0.3, -0.25) is 14.4 Å². The summed E-state index contributed by atoms with van der Waals surface area (Å²) in [6.07, 6.45) is -1.02. The normalized spacial score (nSPS) is 13.1. The number of phenolic OH excluding ortho intramolecular Hbond substituents is 1. The quantitative estimate of drug-likeness (QED) is 0.266. The van der Waals surface area contributed by atoms with E-state index in [9.17, 15) is 24.3 Å². The van der Waals surface area contributed by atoms with E-state index < -0.39 is 53.5 Å². The predicted molar refractivity (Wildman–Crippen MR) is 162 cm³/mol. The molecule has 0 aliphatic heterocycles. The van der Waals surface area contributed by atoms with Crippen LogP contribution in [0, 0.1) is 0 Å². The first-order chi connectivity index (χ1) is 19.6. The molecule has 0 aliphatic carbocycles. The molecule has 0 heterocycles. The lowest BCUT2D eigenvalue weighted by atomic mass is 9.91. The summed E-state index contributed by atoms with van der Waals surface area (Å²) in [4.78, 5) is 54.5. The van der Waals surface area contributed by atoms with Crippen molar-refractivity contribution in [2.75, 3.05) is 5.32 Å². The summed E-state index contributed by atoms with van der Waals surface area (Å²) >= 11 is 0. The molecule has 0 radical (unpaired) electrons. The molecule has 0 saturated heterocycles. The molecule has 224 valence electrons. The van der Waals surface area contributed by atoms with Crippen molar-refractivity contribution in [1.82, 2.24) is 10.2 Å². The number of hydrogen-bond donors (Lipinski definition) is 4. The molecule has 42 heavy (non-hydrogen) atoms. The Morgan fingerprint density at radius 1 is 0.929 bits per heavy atom. The van der Waals surface area contributed by atoms with E-state index in [2.05, 4.69) is 10.6 Å². The number of carbonyl (C=O) groups excluding carboxylic acids is 4. The average Bonchev–Trinajstić information content (AvgIpc) is 2.89. The van der Waals surface area contributed by atoms with Crippen LogP contribution in [0.5, 0.6) is 5.75 Å². The minimum Gasteiger partial charge on any atom is -0.508 e. The maximum atomic E-state index is 14.3. The fourth-order valence-electron chi connectivity index (χ4n) is 4.55. The number of benzene rings is 3. The zero-order valence-electron chi connectivity index (χ0n) is 24.9. The van der Waals surface area contributed by atoms with Crippen molar-refractivity contribution in [2.45, 2.75) is 77.6 Å². The van der Waals surface area contributed by atoms with Gasteiger partial charge in [-0.05, 0) is 81.6 Å². The molecule has 0 aromatic heterocycles. The van der Waals surface area contributed by atoms with Gasteiger partial charge < -0.3 is 31.1 Å².